The molecule has 1 fully saturated rings. The number of benzene rings is 2. The first-order valence-corrected chi connectivity index (χ1v) is 10.4. The average Bonchev–Trinajstić information content (AvgIpc) is 2.77. The Morgan fingerprint density at radius 2 is 1.71 bits per heavy atom. The standard InChI is InChI=1S/C23H27FN6O/c1-28(14-17-6-8-18(24)9-7-17)22(31)16-30-12-10-29(11-13-30)15-21-26-20-5-3-2-4-19(20)23(25)27-21/h2-9H,10-16H2,1H3,(H2,25,26,27). The Balaban J connectivity index is 1.26. The van der Waals surface area contributed by atoms with Crippen LogP contribution in [0.15, 0.2) is 48.5 Å². The maximum Gasteiger partial charge on any atom is 0.236 e. The van der Waals surface area contributed by atoms with Crippen molar-refractivity contribution in [1.29, 1.82) is 0 Å². The van der Waals surface area contributed by atoms with E-state index in [1.165, 1.54) is 12.1 Å². The third-order valence-electron chi connectivity index (χ3n) is 5.63. The molecule has 31 heavy (non-hydrogen) atoms. The fourth-order valence-corrected chi connectivity index (χ4v) is 3.79. The Kier molecular flexibility index (Phi) is 6.39. The maximum absolute atomic E-state index is 13.0. The van der Waals surface area contributed by atoms with Gasteiger partial charge in [-0.15, -0.1) is 0 Å². The molecule has 1 aliphatic heterocycles. The second kappa shape index (κ2) is 9.36. The van der Waals surface area contributed by atoms with Crippen LogP contribution in [0.25, 0.3) is 10.9 Å². The van der Waals surface area contributed by atoms with Crippen LogP contribution in [0.5, 0.6) is 0 Å². The number of amides is 1. The molecule has 0 bridgehead atoms. The number of fused-ring (bicyclic) bond motifs is 1. The van der Waals surface area contributed by atoms with Crippen molar-refractivity contribution in [1.82, 2.24) is 24.7 Å². The summed E-state index contributed by atoms with van der Waals surface area (Å²) in [5.74, 6) is 1.02. The molecule has 3 aromatic rings. The van der Waals surface area contributed by atoms with Gasteiger partial charge in [0.1, 0.15) is 17.5 Å². The van der Waals surface area contributed by atoms with Crippen molar-refractivity contribution in [3.05, 3.63) is 65.7 Å². The van der Waals surface area contributed by atoms with Gasteiger partial charge in [0.05, 0.1) is 18.6 Å². The lowest BCUT2D eigenvalue weighted by Gasteiger charge is -2.34. The highest BCUT2D eigenvalue weighted by Crippen LogP contribution is 2.18. The van der Waals surface area contributed by atoms with Gasteiger partial charge in [-0.05, 0) is 29.8 Å². The number of piperazine rings is 1. The summed E-state index contributed by atoms with van der Waals surface area (Å²) in [5, 5.41) is 0.874. The topological polar surface area (TPSA) is 78.6 Å². The van der Waals surface area contributed by atoms with Gasteiger partial charge in [0, 0.05) is 45.2 Å². The van der Waals surface area contributed by atoms with Crippen LogP contribution in [-0.4, -0.2) is 70.3 Å². The quantitative estimate of drug-likeness (QED) is 0.656. The van der Waals surface area contributed by atoms with E-state index in [1.807, 2.05) is 24.3 Å². The summed E-state index contributed by atoms with van der Waals surface area (Å²) in [6.45, 7) is 4.78. The number of likely N-dealkylation sites (N-methyl/N-ethyl adjacent to an activating group) is 1. The highest BCUT2D eigenvalue weighted by atomic mass is 19.1. The lowest BCUT2D eigenvalue weighted by atomic mass is 10.2. The Labute approximate surface area is 181 Å². The van der Waals surface area contributed by atoms with E-state index in [0.717, 1.165) is 48.5 Å². The Hall–Kier alpha value is -3.10. The zero-order valence-corrected chi connectivity index (χ0v) is 17.7. The van der Waals surface area contributed by atoms with E-state index in [4.69, 9.17) is 5.73 Å². The molecule has 2 N–H and O–H groups in total. The minimum absolute atomic E-state index is 0.0587. The van der Waals surface area contributed by atoms with E-state index in [9.17, 15) is 9.18 Å². The van der Waals surface area contributed by atoms with E-state index >= 15 is 0 Å². The van der Waals surface area contributed by atoms with Crippen LogP contribution >= 0.6 is 0 Å². The first-order chi connectivity index (χ1) is 15.0. The van der Waals surface area contributed by atoms with Crippen LogP contribution < -0.4 is 5.73 Å². The molecule has 0 unspecified atom stereocenters. The third kappa shape index (κ3) is 5.34. The fraction of sp³-hybridized carbons (Fsp3) is 0.348. The maximum atomic E-state index is 13.0. The van der Waals surface area contributed by atoms with Gasteiger partial charge in [-0.1, -0.05) is 24.3 Å². The van der Waals surface area contributed by atoms with Crippen molar-refractivity contribution in [2.75, 3.05) is 45.5 Å². The summed E-state index contributed by atoms with van der Waals surface area (Å²) in [7, 11) is 1.78. The number of anilines is 1. The van der Waals surface area contributed by atoms with Crippen LogP contribution in [0.3, 0.4) is 0 Å². The molecule has 0 radical (unpaired) electrons. The summed E-state index contributed by atoms with van der Waals surface area (Å²) >= 11 is 0. The molecule has 0 spiro atoms. The van der Waals surface area contributed by atoms with Gasteiger partial charge in [0.25, 0.3) is 0 Å². The van der Waals surface area contributed by atoms with Gasteiger partial charge >= 0.3 is 0 Å². The van der Waals surface area contributed by atoms with Gasteiger partial charge < -0.3 is 10.6 Å². The molecule has 7 nitrogen and oxygen atoms in total. The highest BCUT2D eigenvalue weighted by molar-refractivity contribution is 5.87. The van der Waals surface area contributed by atoms with Gasteiger partial charge in [-0.2, -0.15) is 0 Å². The van der Waals surface area contributed by atoms with Crippen molar-refractivity contribution < 1.29 is 9.18 Å². The fourth-order valence-electron chi connectivity index (χ4n) is 3.79. The van der Waals surface area contributed by atoms with Crippen LogP contribution in [0.2, 0.25) is 0 Å². The number of nitrogens with two attached hydrogens (primary N) is 1. The van der Waals surface area contributed by atoms with Gasteiger partial charge in [-0.3, -0.25) is 14.6 Å². The number of nitrogens with zero attached hydrogens (tertiary/aromatic N) is 5. The molecule has 4 rings (SSSR count). The van der Waals surface area contributed by atoms with Crippen LogP contribution in [0, 0.1) is 5.82 Å². The second-order valence-corrected chi connectivity index (χ2v) is 7.97. The normalized spacial score (nSPS) is 15.3. The summed E-state index contributed by atoms with van der Waals surface area (Å²) in [6, 6.07) is 14.0. The summed E-state index contributed by atoms with van der Waals surface area (Å²) in [4.78, 5) is 27.8. The largest absolute Gasteiger partial charge is 0.383 e. The number of halogens is 1. The van der Waals surface area contributed by atoms with E-state index < -0.39 is 0 Å². The molecule has 1 saturated heterocycles. The SMILES string of the molecule is CN(Cc1ccc(F)cc1)C(=O)CN1CCN(Cc2nc(N)c3ccccc3n2)CC1. The van der Waals surface area contributed by atoms with E-state index in [1.54, 1.807) is 24.1 Å². The molecule has 1 aromatic heterocycles. The molecule has 0 saturated carbocycles. The number of rotatable bonds is 6. The lowest BCUT2D eigenvalue weighted by Crippen LogP contribution is -2.49. The van der Waals surface area contributed by atoms with Crippen molar-refractivity contribution in [2.45, 2.75) is 13.1 Å². The van der Waals surface area contributed by atoms with E-state index in [-0.39, 0.29) is 11.7 Å². The number of hydrogen-bond donors (Lipinski definition) is 1. The van der Waals surface area contributed by atoms with Gasteiger partial charge in [0.2, 0.25) is 5.91 Å². The van der Waals surface area contributed by atoms with Crippen molar-refractivity contribution in [2.24, 2.45) is 0 Å². The average molecular weight is 423 g/mol. The number of para-hydroxylation sites is 1. The Morgan fingerprint density at radius 3 is 2.45 bits per heavy atom. The first kappa shape index (κ1) is 21.1. The summed E-state index contributed by atoms with van der Waals surface area (Å²) < 4.78 is 13.0. The van der Waals surface area contributed by atoms with E-state index in [2.05, 4.69) is 19.8 Å². The molecule has 1 amide bonds. The number of aromatic nitrogens is 2. The predicted octanol–water partition coefficient (Wildman–Crippen LogP) is 2.13. The number of carbonyl (C=O) groups excluding carboxylic acids is 1. The number of hydrogen-bond acceptors (Lipinski definition) is 6. The molecular formula is C23H27FN6O. The molecule has 162 valence electrons. The van der Waals surface area contributed by atoms with Gasteiger partial charge in [0.15, 0.2) is 0 Å². The molecule has 0 atom stereocenters. The molecule has 8 heteroatoms. The summed E-state index contributed by atoms with van der Waals surface area (Å²) in [6.07, 6.45) is 0. The van der Waals surface area contributed by atoms with Crippen molar-refractivity contribution in [3.63, 3.8) is 0 Å². The molecule has 0 aliphatic carbocycles. The monoisotopic (exact) mass is 422 g/mol. The third-order valence-corrected chi connectivity index (χ3v) is 5.63. The number of nitrogen functional groups attached to an aromatic ring is 1. The zero-order chi connectivity index (χ0) is 21.8. The summed E-state index contributed by atoms with van der Waals surface area (Å²) in [5.41, 5.74) is 7.86. The predicted molar refractivity (Wildman–Crippen MR) is 119 cm³/mol. The Morgan fingerprint density at radius 1 is 1.03 bits per heavy atom. The Bertz CT molecular complexity index is 1050. The minimum Gasteiger partial charge on any atom is -0.383 e. The van der Waals surface area contributed by atoms with Crippen LogP contribution in [-0.2, 0) is 17.9 Å². The lowest BCUT2D eigenvalue weighted by molar-refractivity contribution is -0.132. The van der Waals surface area contributed by atoms with Crippen LogP contribution in [0.1, 0.15) is 11.4 Å². The minimum atomic E-state index is -0.271. The number of carbonyl (C=O) groups is 1. The molecule has 1 aliphatic rings. The first-order valence-electron chi connectivity index (χ1n) is 10.4. The molecule has 2 aromatic carbocycles. The van der Waals surface area contributed by atoms with Crippen LogP contribution in [0.4, 0.5) is 10.2 Å². The van der Waals surface area contributed by atoms with E-state index in [0.29, 0.717) is 25.5 Å². The second-order valence-electron chi connectivity index (χ2n) is 7.97. The molecular weight excluding hydrogens is 395 g/mol. The molecule has 2 heterocycles. The van der Waals surface area contributed by atoms with Crippen molar-refractivity contribution >= 4 is 22.6 Å². The van der Waals surface area contributed by atoms with Gasteiger partial charge in [-0.25, -0.2) is 14.4 Å². The zero-order valence-electron chi connectivity index (χ0n) is 17.7. The highest BCUT2D eigenvalue weighted by Gasteiger charge is 2.21. The van der Waals surface area contributed by atoms with Crippen molar-refractivity contribution in [3.8, 4) is 0 Å². The smallest absolute Gasteiger partial charge is 0.236 e.